The predicted molar refractivity (Wildman–Crippen MR) is 128 cm³/mol. The number of hydrogen-bond acceptors (Lipinski definition) is 6. The highest BCUT2D eigenvalue weighted by atomic mass is 19.4. The fraction of sp³-hybridized carbons (Fsp3) is 0.760. The fourth-order valence-electron chi connectivity index (χ4n) is 4.99. The van der Waals surface area contributed by atoms with Crippen LogP contribution in [0.3, 0.4) is 0 Å². The lowest BCUT2D eigenvalue weighted by atomic mass is 10.0. The molecule has 10 heteroatoms. The van der Waals surface area contributed by atoms with Gasteiger partial charge in [0, 0.05) is 64.1 Å². The van der Waals surface area contributed by atoms with E-state index in [0.717, 1.165) is 44.6 Å². The van der Waals surface area contributed by atoms with Gasteiger partial charge in [0.25, 0.3) is 0 Å². The van der Waals surface area contributed by atoms with Crippen LogP contribution in [0.4, 0.5) is 18.9 Å². The summed E-state index contributed by atoms with van der Waals surface area (Å²) in [5.74, 6) is 0.154. The van der Waals surface area contributed by atoms with E-state index in [4.69, 9.17) is 9.47 Å². The second-order valence-corrected chi connectivity index (χ2v) is 9.57. The molecule has 4 rings (SSSR count). The molecule has 1 aromatic heterocycles. The number of hydrogen-bond donors (Lipinski definition) is 1. The fourth-order valence-corrected chi connectivity index (χ4v) is 4.99. The molecule has 2 aliphatic heterocycles. The summed E-state index contributed by atoms with van der Waals surface area (Å²) in [6, 6.07) is 1.67. The molecular weight excluding hydrogens is 461 g/mol. The minimum Gasteiger partial charge on any atom is -0.379 e. The summed E-state index contributed by atoms with van der Waals surface area (Å²) in [6.07, 6.45) is 2.69. The molecule has 4 atom stereocenters. The number of ether oxygens (including phenoxy) is 2. The van der Waals surface area contributed by atoms with Gasteiger partial charge in [-0.3, -0.25) is 9.78 Å². The van der Waals surface area contributed by atoms with Gasteiger partial charge in [-0.25, -0.2) is 0 Å². The molecular formula is C25H39F3N4O3. The van der Waals surface area contributed by atoms with Crippen molar-refractivity contribution >= 4 is 11.6 Å². The first-order valence-corrected chi connectivity index (χ1v) is 12.7. The van der Waals surface area contributed by atoms with Gasteiger partial charge in [-0.1, -0.05) is 20.3 Å². The minimum atomic E-state index is -4.41. The smallest absolute Gasteiger partial charge is 0.379 e. The lowest BCUT2D eigenvalue weighted by Gasteiger charge is -2.37. The molecule has 2 saturated heterocycles. The minimum absolute atomic E-state index is 0.00453. The quantitative estimate of drug-likeness (QED) is 0.665. The Hall–Kier alpha value is -1.91. The Morgan fingerprint density at radius 3 is 2.54 bits per heavy atom. The molecule has 35 heavy (non-hydrogen) atoms. The second-order valence-electron chi connectivity index (χ2n) is 9.57. The summed E-state index contributed by atoms with van der Waals surface area (Å²) in [7, 11) is 1.70. The Kier molecular flexibility index (Phi) is 10.2. The highest BCUT2D eigenvalue weighted by Gasteiger charge is 2.37. The van der Waals surface area contributed by atoms with E-state index in [9.17, 15) is 18.0 Å². The number of methoxy groups -OCH3 is 1. The predicted octanol–water partition coefficient (Wildman–Crippen LogP) is 3.73. The van der Waals surface area contributed by atoms with Crippen LogP contribution >= 0.6 is 0 Å². The van der Waals surface area contributed by atoms with Crippen LogP contribution in [0.1, 0.15) is 51.5 Å². The standard InChI is InChI=1S/C22H31F3N4O3.C3H8/c1-31-20-14-32-9-4-19(20)27-17-3-2-15(10-17)21(30)29-7-5-28(6-8-29)18-11-16(12-26-13-18)22(23,24)25;1-3-2/h11-13,15,17,19-20,27H,2-10,14H2,1H3;3H2,1-2H3/t15?,17-,19?,20?;/m1./s1. The van der Waals surface area contributed by atoms with Gasteiger partial charge in [-0.05, 0) is 31.7 Å². The number of halogens is 3. The molecule has 1 aliphatic carbocycles. The van der Waals surface area contributed by atoms with Crippen LogP contribution in [0, 0.1) is 5.92 Å². The SMILES string of the molecule is CCC.COC1COCCC1N[C@@H]1CCC(C(=O)N2CCN(c3cncc(C(F)(F)F)c3)CC2)C1. The van der Waals surface area contributed by atoms with E-state index in [0.29, 0.717) is 44.5 Å². The second kappa shape index (κ2) is 12.9. The van der Waals surface area contributed by atoms with Crippen molar-refractivity contribution in [2.75, 3.05) is 51.4 Å². The van der Waals surface area contributed by atoms with Crippen LogP contribution in [-0.4, -0.2) is 80.5 Å². The Balaban J connectivity index is 0.00000108. The van der Waals surface area contributed by atoms with Crippen LogP contribution in [0.25, 0.3) is 0 Å². The molecule has 1 N–H and O–H groups in total. The van der Waals surface area contributed by atoms with Crippen molar-refractivity contribution < 1.29 is 27.4 Å². The number of pyridine rings is 1. The van der Waals surface area contributed by atoms with E-state index in [-0.39, 0.29) is 24.0 Å². The third-order valence-electron chi connectivity index (χ3n) is 6.85. The van der Waals surface area contributed by atoms with Gasteiger partial charge in [-0.2, -0.15) is 13.2 Å². The maximum absolute atomic E-state index is 13.1. The molecule has 0 aromatic carbocycles. The van der Waals surface area contributed by atoms with E-state index < -0.39 is 11.7 Å². The van der Waals surface area contributed by atoms with Gasteiger partial charge >= 0.3 is 6.18 Å². The zero-order valence-corrected chi connectivity index (χ0v) is 21.0. The summed E-state index contributed by atoms with van der Waals surface area (Å²) in [4.78, 5) is 20.5. The number of anilines is 1. The van der Waals surface area contributed by atoms with Crippen molar-refractivity contribution in [3.63, 3.8) is 0 Å². The topological polar surface area (TPSA) is 66.9 Å². The molecule has 1 saturated carbocycles. The molecule has 1 aromatic rings. The van der Waals surface area contributed by atoms with Gasteiger partial charge in [-0.15, -0.1) is 0 Å². The van der Waals surface area contributed by atoms with Gasteiger partial charge in [0.2, 0.25) is 5.91 Å². The monoisotopic (exact) mass is 500 g/mol. The van der Waals surface area contributed by atoms with Crippen molar-refractivity contribution in [2.24, 2.45) is 5.92 Å². The van der Waals surface area contributed by atoms with Crippen molar-refractivity contribution in [1.29, 1.82) is 0 Å². The van der Waals surface area contributed by atoms with Gasteiger partial charge in [0.15, 0.2) is 0 Å². The number of aromatic nitrogens is 1. The number of nitrogens with zero attached hydrogens (tertiary/aromatic N) is 3. The lowest BCUT2D eigenvalue weighted by Crippen LogP contribution is -2.51. The number of carbonyl (C=O) groups excluding carboxylic acids is 1. The molecule has 3 heterocycles. The lowest BCUT2D eigenvalue weighted by molar-refractivity contribution is -0.137. The third kappa shape index (κ3) is 7.54. The van der Waals surface area contributed by atoms with Gasteiger partial charge in [0.05, 0.1) is 30.2 Å². The summed E-state index contributed by atoms with van der Waals surface area (Å²) in [5.41, 5.74) is -0.306. The maximum Gasteiger partial charge on any atom is 0.417 e. The number of rotatable bonds is 5. The molecule has 198 valence electrons. The van der Waals surface area contributed by atoms with E-state index in [1.807, 2.05) is 9.80 Å². The Morgan fingerprint density at radius 2 is 1.89 bits per heavy atom. The average Bonchev–Trinajstić information content (AvgIpc) is 3.32. The van der Waals surface area contributed by atoms with Crippen LogP contribution in [0.5, 0.6) is 0 Å². The summed E-state index contributed by atoms with van der Waals surface area (Å²) in [5, 5.41) is 3.67. The molecule has 3 unspecified atom stereocenters. The number of nitrogens with one attached hydrogen (secondary N) is 1. The number of alkyl halides is 3. The molecule has 0 radical (unpaired) electrons. The summed E-state index contributed by atoms with van der Waals surface area (Å²) >= 11 is 0. The normalized spacial score (nSPS) is 27.4. The zero-order valence-electron chi connectivity index (χ0n) is 21.0. The zero-order chi connectivity index (χ0) is 25.4. The first-order valence-electron chi connectivity index (χ1n) is 12.7. The average molecular weight is 501 g/mol. The van der Waals surface area contributed by atoms with E-state index >= 15 is 0 Å². The number of carbonyl (C=O) groups is 1. The molecule has 3 aliphatic rings. The highest BCUT2D eigenvalue weighted by molar-refractivity contribution is 5.79. The van der Waals surface area contributed by atoms with Gasteiger partial charge in [0.1, 0.15) is 0 Å². The summed E-state index contributed by atoms with van der Waals surface area (Å²) in [6.45, 7) is 7.58. The van der Waals surface area contributed by atoms with Crippen LogP contribution in [-0.2, 0) is 20.4 Å². The largest absolute Gasteiger partial charge is 0.417 e. The van der Waals surface area contributed by atoms with Crippen molar-refractivity contribution in [2.45, 2.75) is 70.3 Å². The Morgan fingerprint density at radius 1 is 1.17 bits per heavy atom. The van der Waals surface area contributed by atoms with Crippen LogP contribution in [0.15, 0.2) is 18.5 Å². The third-order valence-corrected chi connectivity index (χ3v) is 6.85. The van der Waals surface area contributed by atoms with Crippen molar-refractivity contribution in [3.05, 3.63) is 24.0 Å². The van der Waals surface area contributed by atoms with Crippen molar-refractivity contribution in [3.8, 4) is 0 Å². The van der Waals surface area contributed by atoms with E-state index in [2.05, 4.69) is 24.1 Å². The molecule has 7 nitrogen and oxygen atoms in total. The molecule has 0 bridgehead atoms. The van der Waals surface area contributed by atoms with Crippen molar-refractivity contribution in [1.82, 2.24) is 15.2 Å². The number of amides is 1. The van der Waals surface area contributed by atoms with E-state index in [1.54, 1.807) is 7.11 Å². The van der Waals surface area contributed by atoms with E-state index in [1.165, 1.54) is 12.6 Å². The number of piperazine rings is 1. The molecule has 3 fully saturated rings. The Labute approximate surface area is 206 Å². The summed E-state index contributed by atoms with van der Waals surface area (Å²) < 4.78 is 49.9. The maximum atomic E-state index is 13.1. The Bertz CT molecular complexity index is 802. The van der Waals surface area contributed by atoms with Crippen LogP contribution in [0.2, 0.25) is 0 Å². The first-order chi connectivity index (χ1) is 16.8. The highest BCUT2D eigenvalue weighted by Crippen LogP contribution is 2.32. The molecule has 0 spiro atoms. The molecule has 1 amide bonds. The van der Waals surface area contributed by atoms with Gasteiger partial charge < -0.3 is 24.6 Å². The van der Waals surface area contributed by atoms with Crippen LogP contribution < -0.4 is 10.2 Å². The first kappa shape index (κ1) is 27.7.